The molecule has 1 rings (SSSR count). The third kappa shape index (κ3) is 3.15. The van der Waals surface area contributed by atoms with Crippen molar-refractivity contribution in [1.29, 1.82) is 0 Å². The van der Waals surface area contributed by atoms with Gasteiger partial charge in [0.25, 0.3) is 0 Å². The number of ether oxygens (including phenoxy) is 2. The molecule has 2 N–H and O–H groups in total. The lowest BCUT2D eigenvalue weighted by Gasteiger charge is -2.20. The predicted octanol–water partition coefficient (Wildman–Crippen LogP) is 1.59. The Labute approximate surface area is 95.3 Å². The summed E-state index contributed by atoms with van der Waals surface area (Å²) in [4.78, 5) is 11.1. The quantitative estimate of drug-likeness (QED) is 0.824. The summed E-state index contributed by atoms with van der Waals surface area (Å²) in [6.07, 6.45) is 0. The zero-order valence-corrected chi connectivity index (χ0v) is 9.82. The number of carbonyl (C=O) groups is 1. The van der Waals surface area contributed by atoms with Crippen LogP contribution in [0.1, 0.15) is 13.8 Å². The maximum atomic E-state index is 11.1. The Bertz CT molecular complexity index is 357. The molecule has 0 aliphatic carbocycles. The van der Waals surface area contributed by atoms with Crippen molar-refractivity contribution < 1.29 is 14.3 Å². The van der Waals surface area contributed by atoms with Crippen LogP contribution >= 0.6 is 0 Å². The van der Waals surface area contributed by atoms with Crippen LogP contribution in [0.4, 0.5) is 0 Å². The molecular weight excluding hydrogens is 206 g/mol. The number of methoxy groups -OCH3 is 1. The molecule has 0 heterocycles. The molecule has 0 aliphatic heterocycles. The van der Waals surface area contributed by atoms with E-state index in [0.717, 1.165) is 5.75 Å². The number of carbonyl (C=O) groups excluding carboxylic acids is 1. The number of rotatable bonds is 5. The second-order valence-electron chi connectivity index (χ2n) is 4.21. The molecule has 0 saturated heterocycles. The van der Waals surface area contributed by atoms with Crippen molar-refractivity contribution >= 4 is 5.91 Å². The van der Waals surface area contributed by atoms with Gasteiger partial charge in [0.15, 0.2) is 0 Å². The molecule has 0 unspecified atom stereocenters. The lowest BCUT2D eigenvalue weighted by Crippen LogP contribution is -2.36. The van der Waals surface area contributed by atoms with E-state index in [2.05, 4.69) is 0 Å². The van der Waals surface area contributed by atoms with Crippen LogP contribution in [0.25, 0.3) is 0 Å². The van der Waals surface area contributed by atoms with Gasteiger partial charge in [-0.15, -0.1) is 0 Å². The summed E-state index contributed by atoms with van der Waals surface area (Å²) in [5.41, 5.74) is 4.57. The lowest BCUT2D eigenvalue weighted by atomic mass is 9.94. The molecule has 0 bridgehead atoms. The van der Waals surface area contributed by atoms with Gasteiger partial charge < -0.3 is 15.2 Å². The topological polar surface area (TPSA) is 61.6 Å². The van der Waals surface area contributed by atoms with E-state index in [1.807, 2.05) is 0 Å². The average Bonchev–Trinajstić information content (AvgIpc) is 2.27. The number of benzene rings is 1. The summed E-state index contributed by atoms with van der Waals surface area (Å²) in [6, 6.07) is 7.17. The first-order valence-corrected chi connectivity index (χ1v) is 5.02. The molecule has 16 heavy (non-hydrogen) atoms. The largest absolute Gasteiger partial charge is 0.497 e. The molecule has 0 saturated carbocycles. The molecule has 0 fully saturated rings. The van der Waals surface area contributed by atoms with Gasteiger partial charge in [-0.2, -0.15) is 0 Å². The van der Waals surface area contributed by atoms with Gasteiger partial charge in [-0.25, -0.2) is 0 Å². The SMILES string of the molecule is COc1ccc(OCC(C)(C)C(N)=O)cc1. The Morgan fingerprint density at radius 1 is 1.25 bits per heavy atom. The Kier molecular flexibility index (Phi) is 3.77. The fourth-order valence-corrected chi connectivity index (χ4v) is 1.01. The molecule has 0 spiro atoms. The van der Waals surface area contributed by atoms with Gasteiger partial charge in [0.1, 0.15) is 18.1 Å². The molecule has 0 aliphatic rings. The van der Waals surface area contributed by atoms with Crippen LogP contribution in [0.2, 0.25) is 0 Å². The molecule has 1 aromatic rings. The normalized spacial score (nSPS) is 10.9. The average molecular weight is 223 g/mol. The summed E-state index contributed by atoms with van der Waals surface area (Å²) < 4.78 is 10.5. The first-order chi connectivity index (χ1) is 7.45. The molecule has 4 heteroatoms. The number of amides is 1. The van der Waals surface area contributed by atoms with Crippen molar-refractivity contribution in [1.82, 2.24) is 0 Å². The van der Waals surface area contributed by atoms with E-state index in [4.69, 9.17) is 15.2 Å². The van der Waals surface area contributed by atoms with Gasteiger partial charge in [0, 0.05) is 0 Å². The molecule has 0 atom stereocenters. The summed E-state index contributed by atoms with van der Waals surface area (Å²) in [5.74, 6) is 1.08. The monoisotopic (exact) mass is 223 g/mol. The van der Waals surface area contributed by atoms with E-state index in [1.54, 1.807) is 45.2 Å². The first-order valence-electron chi connectivity index (χ1n) is 5.02. The summed E-state index contributed by atoms with van der Waals surface area (Å²) >= 11 is 0. The van der Waals surface area contributed by atoms with Crippen LogP contribution < -0.4 is 15.2 Å². The fourth-order valence-electron chi connectivity index (χ4n) is 1.01. The van der Waals surface area contributed by atoms with Crippen molar-refractivity contribution in [2.75, 3.05) is 13.7 Å². The Morgan fingerprint density at radius 2 is 1.75 bits per heavy atom. The van der Waals surface area contributed by atoms with Crippen molar-refractivity contribution in [3.8, 4) is 11.5 Å². The van der Waals surface area contributed by atoms with Crippen LogP contribution in [0.3, 0.4) is 0 Å². The Balaban J connectivity index is 2.58. The maximum absolute atomic E-state index is 11.1. The van der Waals surface area contributed by atoms with Crippen LogP contribution in [-0.2, 0) is 4.79 Å². The number of primary amides is 1. The van der Waals surface area contributed by atoms with E-state index >= 15 is 0 Å². The van der Waals surface area contributed by atoms with Crippen LogP contribution in [0, 0.1) is 5.41 Å². The highest BCUT2D eigenvalue weighted by Crippen LogP contribution is 2.20. The Hall–Kier alpha value is -1.71. The first kappa shape index (κ1) is 12.4. The zero-order chi connectivity index (χ0) is 12.2. The standard InChI is InChI=1S/C12H17NO3/c1-12(2,11(13)14)8-16-10-6-4-9(15-3)5-7-10/h4-7H,8H2,1-3H3,(H2,13,14). The molecular formula is C12H17NO3. The third-order valence-electron chi connectivity index (χ3n) is 2.33. The number of nitrogens with two attached hydrogens (primary N) is 1. The Morgan fingerprint density at radius 3 is 2.19 bits per heavy atom. The molecule has 4 nitrogen and oxygen atoms in total. The van der Waals surface area contributed by atoms with Crippen molar-refractivity contribution in [3.05, 3.63) is 24.3 Å². The molecule has 1 aromatic carbocycles. The van der Waals surface area contributed by atoms with E-state index in [1.165, 1.54) is 0 Å². The van der Waals surface area contributed by atoms with E-state index < -0.39 is 5.41 Å². The minimum Gasteiger partial charge on any atom is -0.497 e. The van der Waals surface area contributed by atoms with Crippen LogP contribution in [-0.4, -0.2) is 19.6 Å². The van der Waals surface area contributed by atoms with Crippen LogP contribution in [0.5, 0.6) is 11.5 Å². The highest BCUT2D eigenvalue weighted by Gasteiger charge is 2.25. The highest BCUT2D eigenvalue weighted by atomic mass is 16.5. The summed E-state index contributed by atoms with van der Waals surface area (Å²) in [5, 5.41) is 0. The van der Waals surface area contributed by atoms with Crippen molar-refractivity contribution in [2.24, 2.45) is 11.1 Å². The molecule has 1 amide bonds. The summed E-state index contributed by atoms with van der Waals surface area (Å²) in [7, 11) is 1.60. The van der Waals surface area contributed by atoms with Crippen LogP contribution in [0.15, 0.2) is 24.3 Å². The van der Waals surface area contributed by atoms with Gasteiger partial charge in [0.2, 0.25) is 5.91 Å². The summed E-state index contributed by atoms with van der Waals surface area (Å²) in [6.45, 7) is 3.76. The van der Waals surface area contributed by atoms with Gasteiger partial charge in [0.05, 0.1) is 12.5 Å². The van der Waals surface area contributed by atoms with Crippen molar-refractivity contribution in [2.45, 2.75) is 13.8 Å². The van der Waals surface area contributed by atoms with Gasteiger partial charge in [-0.05, 0) is 38.1 Å². The van der Waals surface area contributed by atoms with Crippen molar-refractivity contribution in [3.63, 3.8) is 0 Å². The second kappa shape index (κ2) is 4.88. The minimum absolute atomic E-state index is 0.259. The number of hydrogen-bond donors (Lipinski definition) is 1. The van der Waals surface area contributed by atoms with Gasteiger partial charge in [-0.3, -0.25) is 4.79 Å². The van der Waals surface area contributed by atoms with E-state index in [-0.39, 0.29) is 12.5 Å². The third-order valence-corrected chi connectivity index (χ3v) is 2.33. The van der Waals surface area contributed by atoms with E-state index in [0.29, 0.717) is 5.75 Å². The predicted molar refractivity (Wildman–Crippen MR) is 61.5 cm³/mol. The van der Waals surface area contributed by atoms with Gasteiger partial charge in [-0.1, -0.05) is 0 Å². The lowest BCUT2D eigenvalue weighted by molar-refractivity contribution is -0.127. The minimum atomic E-state index is -0.667. The van der Waals surface area contributed by atoms with E-state index in [9.17, 15) is 4.79 Å². The number of hydrogen-bond acceptors (Lipinski definition) is 3. The molecule has 0 radical (unpaired) electrons. The second-order valence-corrected chi connectivity index (χ2v) is 4.21. The van der Waals surface area contributed by atoms with Gasteiger partial charge >= 0.3 is 0 Å². The molecule has 88 valence electrons. The fraction of sp³-hybridized carbons (Fsp3) is 0.417. The molecule has 0 aromatic heterocycles. The smallest absolute Gasteiger partial charge is 0.226 e. The zero-order valence-electron chi connectivity index (χ0n) is 9.82. The highest BCUT2D eigenvalue weighted by molar-refractivity contribution is 5.80. The maximum Gasteiger partial charge on any atom is 0.226 e.